The predicted octanol–water partition coefficient (Wildman–Crippen LogP) is 0.868. The Kier molecular flexibility index (Phi) is 3.62. The van der Waals surface area contributed by atoms with Gasteiger partial charge < -0.3 is 15.0 Å². The van der Waals surface area contributed by atoms with E-state index in [4.69, 9.17) is 4.74 Å². The van der Waals surface area contributed by atoms with E-state index < -0.39 is 0 Å². The van der Waals surface area contributed by atoms with E-state index in [1.165, 1.54) is 0 Å². The number of fused-ring (bicyclic) bond motifs is 1. The highest BCUT2D eigenvalue weighted by atomic mass is 32.1. The average molecular weight is 332 g/mol. The van der Waals surface area contributed by atoms with Crippen molar-refractivity contribution in [1.82, 2.24) is 20.4 Å². The van der Waals surface area contributed by atoms with Crippen LogP contribution in [-0.4, -0.2) is 58.8 Å². The summed E-state index contributed by atoms with van der Waals surface area (Å²) >= 11 is 1.57. The number of piperidine rings is 1. The number of nitrogens with one attached hydrogen (secondary N) is 2. The summed E-state index contributed by atoms with van der Waals surface area (Å²) in [5.41, 5.74) is 2.26. The van der Waals surface area contributed by atoms with Gasteiger partial charge >= 0.3 is 0 Å². The Bertz CT molecular complexity index is 727. The largest absolute Gasteiger partial charge is 0.366 e. The number of aromatic amines is 1. The van der Waals surface area contributed by atoms with Crippen molar-refractivity contribution in [2.24, 2.45) is 0 Å². The summed E-state index contributed by atoms with van der Waals surface area (Å²) in [5.74, 6) is -0.193. The Morgan fingerprint density at radius 3 is 3.22 bits per heavy atom. The Hall–Kier alpha value is -2.19. The third-order valence-corrected chi connectivity index (χ3v) is 4.97. The van der Waals surface area contributed by atoms with Crippen LogP contribution in [0.1, 0.15) is 16.8 Å². The lowest BCUT2D eigenvalue weighted by Crippen LogP contribution is -2.61. The van der Waals surface area contributed by atoms with E-state index in [0.29, 0.717) is 18.7 Å². The average Bonchev–Trinajstić information content (AvgIpc) is 3.24. The first kappa shape index (κ1) is 14.4. The van der Waals surface area contributed by atoms with Crippen molar-refractivity contribution in [2.75, 3.05) is 19.7 Å². The molecule has 23 heavy (non-hydrogen) atoms. The quantitative estimate of drug-likeness (QED) is 0.854. The van der Waals surface area contributed by atoms with Crippen molar-refractivity contribution in [3.05, 3.63) is 28.6 Å². The SMILES string of the molecule is O=C1COC2CCN(C(=O)c3cn[nH]c3-c3ccsc3)CC2N1. The lowest BCUT2D eigenvalue weighted by atomic mass is 9.99. The van der Waals surface area contributed by atoms with Crippen LogP contribution >= 0.6 is 11.3 Å². The van der Waals surface area contributed by atoms with Gasteiger partial charge in [0.25, 0.3) is 5.91 Å². The normalized spacial score (nSPS) is 24.2. The molecule has 2 aliphatic heterocycles. The van der Waals surface area contributed by atoms with Crippen LogP contribution in [0, 0.1) is 0 Å². The van der Waals surface area contributed by atoms with Crippen LogP contribution in [0.4, 0.5) is 0 Å². The Morgan fingerprint density at radius 2 is 2.39 bits per heavy atom. The van der Waals surface area contributed by atoms with Crippen molar-refractivity contribution < 1.29 is 14.3 Å². The zero-order valence-corrected chi connectivity index (χ0v) is 13.1. The van der Waals surface area contributed by atoms with Gasteiger partial charge in [-0.05, 0) is 17.9 Å². The molecule has 0 spiro atoms. The minimum absolute atomic E-state index is 0.00237. The third-order valence-electron chi connectivity index (χ3n) is 4.29. The van der Waals surface area contributed by atoms with E-state index in [-0.39, 0.29) is 30.6 Å². The zero-order chi connectivity index (χ0) is 15.8. The highest BCUT2D eigenvalue weighted by molar-refractivity contribution is 7.08. The van der Waals surface area contributed by atoms with Gasteiger partial charge in [0.1, 0.15) is 6.61 Å². The zero-order valence-electron chi connectivity index (χ0n) is 12.3. The second-order valence-electron chi connectivity index (χ2n) is 5.73. The van der Waals surface area contributed by atoms with E-state index in [1.54, 1.807) is 22.4 Å². The van der Waals surface area contributed by atoms with Crippen LogP contribution in [0.3, 0.4) is 0 Å². The Morgan fingerprint density at radius 1 is 1.48 bits per heavy atom. The van der Waals surface area contributed by atoms with Crippen LogP contribution in [0.25, 0.3) is 11.3 Å². The number of hydrogen-bond acceptors (Lipinski definition) is 5. The molecule has 2 saturated heterocycles. The van der Waals surface area contributed by atoms with Gasteiger partial charge in [0.15, 0.2) is 0 Å². The van der Waals surface area contributed by atoms with Crippen molar-refractivity contribution in [3.63, 3.8) is 0 Å². The third kappa shape index (κ3) is 2.64. The molecule has 0 aliphatic carbocycles. The number of morpholine rings is 1. The smallest absolute Gasteiger partial charge is 0.257 e. The number of thiophene rings is 1. The molecule has 0 aromatic carbocycles. The van der Waals surface area contributed by atoms with E-state index in [0.717, 1.165) is 17.7 Å². The maximum Gasteiger partial charge on any atom is 0.257 e. The number of hydrogen-bond donors (Lipinski definition) is 2. The van der Waals surface area contributed by atoms with E-state index in [1.807, 2.05) is 16.8 Å². The fraction of sp³-hybridized carbons (Fsp3) is 0.400. The molecule has 2 aliphatic rings. The molecule has 4 rings (SSSR count). The molecule has 120 valence electrons. The van der Waals surface area contributed by atoms with E-state index >= 15 is 0 Å². The fourth-order valence-corrected chi connectivity index (χ4v) is 3.78. The van der Waals surface area contributed by atoms with E-state index in [9.17, 15) is 9.59 Å². The standard InChI is InChI=1S/C15H16N4O3S/c20-13-7-22-12-1-3-19(6-11(12)17-13)15(21)10-5-16-18-14(10)9-2-4-23-8-9/h2,4-5,8,11-12H,1,3,6-7H2,(H,16,18)(H,17,20). The first-order chi connectivity index (χ1) is 11.2. The maximum absolute atomic E-state index is 12.8. The number of carbonyl (C=O) groups excluding carboxylic acids is 2. The van der Waals surface area contributed by atoms with Gasteiger partial charge in [-0.25, -0.2) is 0 Å². The van der Waals surface area contributed by atoms with Crippen LogP contribution in [0.5, 0.6) is 0 Å². The van der Waals surface area contributed by atoms with Crippen molar-refractivity contribution in [3.8, 4) is 11.3 Å². The van der Waals surface area contributed by atoms with Gasteiger partial charge in [-0.2, -0.15) is 16.4 Å². The molecule has 0 saturated carbocycles. The molecule has 2 unspecified atom stereocenters. The molecule has 2 N–H and O–H groups in total. The highest BCUT2D eigenvalue weighted by Gasteiger charge is 2.37. The maximum atomic E-state index is 12.8. The summed E-state index contributed by atoms with van der Waals surface area (Å²) in [6.45, 7) is 1.19. The summed E-state index contributed by atoms with van der Waals surface area (Å²) < 4.78 is 5.53. The number of rotatable bonds is 2. The minimum atomic E-state index is -0.134. The molecular formula is C15H16N4O3S. The number of ether oxygens (including phenoxy) is 1. The predicted molar refractivity (Wildman–Crippen MR) is 84.1 cm³/mol. The monoisotopic (exact) mass is 332 g/mol. The molecule has 0 radical (unpaired) electrons. The number of H-pyrrole nitrogens is 1. The molecule has 2 atom stereocenters. The van der Waals surface area contributed by atoms with Gasteiger partial charge in [0.2, 0.25) is 5.91 Å². The van der Waals surface area contributed by atoms with Crippen molar-refractivity contribution in [2.45, 2.75) is 18.6 Å². The molecule has 7 nitrogen and oxygen atoms in total. The molecular weight excluding hydrogens is 316 g/mol. The van der Waals surface area contributed by atoms with E-state index in [2.05, 4.69) is 15.5 Å². The lowest BCUT2D eigenvalue weighted by molar-refractivity contribution is -0.139. The number of likely N-dealkylation sites (tertiary alicyclic amines) is 1. The molecule has 2 aromatic rings. The van der Waals surface area contributed by atoms with Crippen LogP contribution < -0.4 is 5.32 Å². The first-order valence-electron chi connectivity index (χ1n) is 7.48. The molecule has 2 aromatic heterocycles. The van der Waals surface area contributed by atoms with Crippen LogP contribution in [-0.2, 0) is 9.53 Å². The first-order valence-corrected chi connectivity index (χ1v) is 8.43. The summed E-state index contributed by atoms with van der Waals surface area (Å²) in [5, 5.41) is 13.8. The lowest BCUT2D eigenvalue weighted by Gasteiger charge is -2.41. The molecule has 2 amide bonds. The van der Waals surface area contributed by atoms with Gasteiger partial charge in [0, 0.05) is 24.0 Å². The number of amides is 2. The second kappa shape index (κ2) is 5.78. The van der Waals surface area contributed by atoms with Gasteiger partial charge in [-0.1, -0.05) is 0 Å². The summed E-state index contributed by atoms with van der Waals surface area (Å²) in [4.78, 5) is 26.1. The molecule has 2 fully saturated rings. The van der Waals surface area contributed by atoms with Gasteiger partial charge in [-0.3, -0.25) is 14.7 Å². The number of carbonyl (C=O) groups is 2. The number of nitrogens with zero attached hydrogens (tertiary/aromatic N) is 2. The van der Waals surface area contributed by atoms with Crippen molar-refractivity contribution >= 4 is 23.2 Å². The summed E-state index contributed by atoms with van der Waals surface area (Å²) in [6.07, 6.45) is 2.29. The summed E-state index contributed by atoms with van der Waals surface area (Å²) in [7, 11) is 0. The van der Waals surface area contributed by atoms with Gasteiger partial charge in [-0.15, -0.1) is 0 Å². The summed E-state index contributed by atoms with van der Waals surface area (Å²) in [6, 6.07) is 1.82. The second-order valence-corrected chi connectivity index (χ2v) is 6.51. The molecule has 8 heteroatoms. The van der Waals surface area contributed by atoms with Crippen LogP contribution in [0.2, 0.25) is 0 Å². The Balaban J connectivity index is 1.54. The molecule has 0 bridgehead atoms. The number of aromatic nitrogens is 2. The van der Waals surface area contributed by atoms with Crippen molar-refractivity contribution in [1.29, 1.82) is 0 Å². The Labute approximate surface area is 136 Å². The van der Waals surface area contributed by atoms with Gasteiger partial charge in [0.05, 0.1) is 29.6 Å². The highest BCUT2D eigenvalue weighted by Crippen LogP contribution is 2.26. The van der Waals surface area contributed by atoms with Crippen LogP contribution in [0.15, 0.2) is 23.0 Å². The minimum Gasteiger partial charge on any atom is -0.366 e. The molecule has 4 heterocycles. The topological polar surface area (TPSA) is 87.3 Å². The fourth-order valence-electron chi connectivity index (χ4n) is 3.13.